The number of hydrogen-bond acceptors (Lipinski definition) is 2. The Labute approximate surface area is 99.6 Å². The fraction of sp³-hybridized carbons (Fsp3) is 0.333. The van der Waals surface area contributed by atoms with Gasteiger partial charge in [-0.15, -0.1) is 6.58 Å². The zero-order chi connectivity index (χ0) is 12.7. The first-order chi connectivity index (χ1) is 7.89. The van der Waals surface area contributed by atoms with Crippen molar-refractivity contribution in [3.05, 3.63) is 48.3 Å². The van der Waals surface area contributed by atoms with E-state index < -0.39 is 12.6 Å². The number of rotatable bonds is 4. The third-order valence-electron chi connectivity index (χ3n) is 3.27. The molecule has 0 spiro atoms. The second-order valence-corrected chi connectivity index (χ2v) is 7.08. The highest BCUT2D eigenvalue weighted by Crippen LogP contribution is 2.69. The van der Waals surface area contributed by atoms with Gasteiger partial charge in [-0.1, -0.05) is 18.2 Å². The van der Waals surface area contributed by atoms with Crippen molar-refractivity contribution < 1.29 is 13.8 Å². The van der Waals surface area contributed by atoms with Crippen LogP contribution in [0.1, 0.15) is 12.0 Å². The molecule has 3 nitrogen and oxygen atoms in total. The molecule has 3 N–H and O–H groups in total. The van der Waals surface area contributed by atoms with E-state index in [0.717, 1.165) is 0 Å². The first-order valence-corrected chi connectivity index (χ1v) is 7.21. The lowest BCUT2D eigenvalue weighted by atomic mass is 10.2. The van der Waals surface area contributed by atoms with Crippen molar-refractivity contribution in [2.24, 2.45) is 11.7 Å². The molecule has 0 bridgehead atoms. The molecule has 92 valence electrons. The Balaban J connectivity index is 2.16. The normalized spacial score (nSPS) is 30.6. The third-order valence-corrected chi connectivity index (χ3v) is 5.88. The van der Waals surface area contributed by atoms with Crippen molar-refractivity contribution >= 4 is 7.37 Å². The van der Waals surface area contributed by atoms with Gasteiger partial charge in [-0.3, -0.25) is 4.57 Å². The number of hydrogen-bond donors (Lipinski definition) is 2. The van der Waals surface area contributed by atoms with Crippen molar-refractivity contribution in [2.45, 2.75) is 17.9 Å². The van der Waals surface area contributed by atoms with Crippen LogP contribution in [0.3, 0.4) is 0 Å². The zero-order valence-corrected chi connectivity index (χ0v) is 10.2. The van der Waals surface area contributed by atoms with Gasteiger partial charge in [0.15, 0.2) is 0 Å². The number of benzene rings is 1. The van der Waals surface area contributed by atoms with E-state index >= 15 is 0 Å². The third kappa shape index (κ3) is 2.21. The highest BCUT2D eigenvalue weighted by atomic mass is 31.2. The fourth-order valence-electron chi connectivity index (χ4n) is 1.97. The SMILES string of the molecule is C=CC1CC1(N)P(=O)(O)Cc1ccc(F)cc1. The average molecular weight is 255 g/mol. The lowest BCUT2D eigenvalue weighted by Gasteiger charge is -2.19. The molecule has 0 aliphatic heterocycles. The van der Waals surface area contributed by atoms with Gasteiger partial charge < -0.3 is 10.6 Å². The molecule has 3 unspecified atom stereocenters. The van der Waals surface area contributed by atoms with Gasteiger partial charge in [0.2, 0.25) is 7.37 Å². The van der Waals surface area contributed by atoms with Crippen molar-refractivity contribution in [3.8, 4) is 0 Å². The summed E-state index contributed by atoms with van der Waals surface area (Å²) < 4.78 is 24.9. The van der Waals surface area contributed by atoms with Gasteiger partial charge >= 0.3 is 0 Å². The molecule has 5 heteroatoms. The highest BCUT2D eigenvalue weighted by Gasteiger charge is 2.61. The predicted octanol–water partition coefficient (Wildman–Crippen LogP) is 2.46. The summed E-state index contributed by atoms with van der Waals surface area (Å²) in [6.45, 7) is 3.59. The Kier molecular flexibility index (Phi) is 2.98. The molecule has 0 aromatic heterocycles. The molecule has 1 saturated carbocycles. The monoisotopic (exact) mass is 255 g/mol. The Morgan fingerprint density at radius 2 is 2.18 bits per heavy atom. The molecule has 2 rings (SSSR count). The Hall–Kier alpha value is -0.960. The van der Waals surface area contributed by atoms with Crippen LogP contribution in [-0.2, 0) is 10.7 Å². The lowest BCUT2D eigenvalue weighted by Crippen LogP contribution is -2.25. The fourth-order valence-corrected chi connectivity index (χ4v) is 4.07. The Bertz CT molecular complexity index is 488. The zero-order valence-electron chi connectivity index (χ0n) is 9.34. The van der Waals surface area contributed by atoms with Crippen LogP contribution in [0, 0.1) is 11.7 Å². The summed E-state index contributed by atoms with van der Waals surface area (Å²) in [4.78, 5) is 10.0. The van der Waals surface area contributed by atoms with E-state index in [9.17, 15) is 13.8 Å². The Morgan fingerprint density at radius 1 is 1.59 bits per heavy atom. The van der Waals surface area contributed by atoms with Crippen LogP contribution in [0.25, 0.3) is 0 Å². The second-order valence-electron chi connectivity index (χ2n) is 4.52. The van der Waals surface area contributed by atoms with Crippen LogP contribution in [0.15, 0.2) is 36.9 Å². The minimum Gasteiger partial charge on any atom is -0.343 e. The number of nitrogens with two attached hydrogens (primary N) is 1. The van der Waals surface area contributed by atoms with Crippen LogP contribution in [0.5, 0.6) is 0 Å². The topological polar surface area (TPSA) is 63.3 Å². The van der Waals surface area contributed by atoms with Gasteiger partial charge in [0, 0.05) is 5.92 Å². The summed E-state index contributed by atoms with van der Waals surface area (Å²) in [5, 5.41) is -1.04. The molecule has 3 atom stereocenters. The molecule has 1 aromatic carbocycles. The summed E-state index contributed by atoms with van der Waals surface area (Å²) in [6, 6.07) is 5.56. The highest BCUT2D eigenvalue weighted by molar-refractivity contribution is 7.59. The van der Waals surface area contributed by atoms with E-state index in [2.05, 4.69) is 6.58 Å². The van der Waals surface area contributed by atoms with Crippen LogP contribution in [0.4, 0.5) is 4.39 Å². The quantitative estimate of drug-likeness (QED) is 0.641. The van der Waals surface area contributed by atoms with Crippen LogP contribution in [0.2, 0.25) is 0 Å². The van der Waals surface area contributed by atoms with Gasteiger partial charge in [-0.25, -0.2) is 4.39 Å². The summed E-state index contributed by atoms with van der Waals surface area (Å²) in [6.07, 6.45) is 2.09. The van der Waals surface area contributed by atoms with Crippen LogP contribution < -0.4 is 5.73 Å². The molecular formula is C12H15FNO2P. The molecular weight excluding hydrogens is 240 g/mol. The standard InChI is InChI=1S/C12H15FNO2P/c1-2-10-7-12(10,14)17(15,16)8-9-3-5-11(13)6-4-9/h2-6,10H,1,7-8,14H2,(H,15,16). The summed E-state index contributed by atoms with van der Waals surface area (Å²) in [5.41, 5.74) is 6.52. The van der Waals surface area contributed by atoms with Crippen molar-refractivity contribution in [2.75, 3.05) is 0 Å². The molecule has 1 aliphatic rings. The van der Waals surface area contributed by atoms with Gasteiger partial charge in [-0.2, -0.15) is 0 Å². The minimum absolute atomic E-state index is 0.0197. The van der Waals surface area contributed by atoms with Gasteiger partial charge in [0.1, 0.15) is 11.1 Å². The molecule has 0 amide bonds. The lowest BCUT2D eigenvalue weighted by molar-refractivity contribution is 0.456. The molecule has 1 fully saturated rings. The summed E-state index contributed by atoms with van der Waals surface area (Å²) >= 11 is 0. The van der Waals surface area contributed by atoms with Gasteiger partial charge in [0.05, 0.1) is 6.16 Å². The number of halogens is 1. The van der Waals surface area contributed by atoms with E-state index in [4.69, 9.17) is 5.73 Å². The first kappa shape index (κ1) is 12.5. The molecule has 1 aliphatic carbocycles. The van der Waals surface area contributed by atoms with Crippen LogP contribution >= 0.6 is 7.37 Å². The smallest absolute Gasteiger partial charge is 0.224 e. The molecule has 0 saturated heterocycles. The maximum absolute atomic E-state index is 12.7. The first-order valence-electron chi connectivity index (χ1n) is 5.37. The van der Waals surface area contributed by atoms with E-state index in [1.807, 2.05) is 0 Å². The maximum Gasteiger partial charge on any atom is 0.224 e. The average Bonchev–Trinajstić information content (AvgIpc) is 2.95. The second kappa shape index (κ2) is 4.05. The van der Waals surface area contributed by atoms with Crippen molar-refractivity contribution in [1.29, 1.82) is 0 Å². The van der Waals surface area contributed by atoms with Crippen molar-refractivity contribution in [3.63, 3.8) is 0 Å². The van der Waals surface area contributed by atoms with Crippen molar-refractivity contribution in [1.82, 2.24) is 0 Å². The molecule has 0 heterocycles. The Morgan fingerprint density at radius 3 is 2.65 bits per heavy atom. The largest absolute Gasteiger partial charge is 0.343 e. The molecule has 1 aromatic rings. The minimum atomic E-state index is -3.49. The summed E-state index contributed by atoms with van der Waals surface area (Å²) in [7, 11) is -3.49. The van der Waals surface area contributed by atoms with E-state index in [0.29, 0.717) is 12.0 Å². The van der Waals surface area contributed by atoms with E-state index in [-0.39, 0.29) is 17.9 Å². The van der Waals surface area contributed by atoms with E-state index in [1.54, 1.807) is 6.08 Å². The molecule has 17 heavy (non-hydrogen) atoms. The van der Waals surface area contributed by atoms with E-state index in [1.165, 1.54) is 24.3 Å². The molecule has 0 radical (unpaired) electrons. The summed E-state index contributed by atoms with van der Waals surface area (Å²) in [5.74, 6) is -0.460. The maximum atomic E-state index is 12.7. The van der Waals surface area contributed by atoms with Crippen LogP contribution in [-0.4, -0.2) is 10.2 Å². The van der Waals surface area contributed by atoms with Gasteiger partial charge in [0.25, 0.3) is 0 Å². The predicted molar refractivity (Wildman–Crippen MR) is 65.2 cm³/mol. The van der Waals surface area contributed by atoms with Gasteiger partial charge in [-0.05, 0) is 24.1 Å².